The molecule has 2 aliphatic rings. The first-order valence-electron chi connectivity index (χ1n) is 49.2. The molecular weight excluding hydrogens is 1530 g/mol. The molecule has 0 aliphatic carbocycles. The van der Waals surface area contributed by atoms with Gasteiger partial charge in [-0.15, -0.1) is 0 Å². The monoisotopic (exact) mass is 1660 g/mol. The van der Waals surface area contributed by atoms with Gasteiger partial charge in [-0.3, -0.25) is 0 Å². The molecule has 18 rings (SSSR count). The number of benzene rings is 13. The van der Waals surface area contributed by atoms with Crippen molar-refractivity contribution in [3.05, 3.63) is 323 Å². The molecule has 5 heterocycles. The molecule has 10 heteroatoms. The van der Waals surface area contributed by atoms with Crippen LogP contribution in [0.25, 0.3) is 118 Å². The quantitative estimate of drug-likeness (QED) is 0.118. The van der Waals surface area contributed by atoms with Gasteiger partial charge in [-0.05, 0) is 205 Å². The highest BCUT2D eigenvalue weighted by molar-refractivity contribution is 7.00. The molecule has 3 aromatic heterocycles. The van der Waals surface area contributed by atoms with Gasteiger partial charge in [0, 0.05) is 72.6 Å². The fourth-order valence-corrected chi connectivity index (χ4v) is 17.7. The lowest BCUT2D eigenvalue weighted by Gasteiger charge is -2.45. The van der Waals surface area contributed by atoms with Crippen molar-refractivity contribution in [3.8, 4) is 96.3 Å². The van der Waals surface area contributed by atoms with E-state index in [1.165, 1.54) is 22.3 Å². The van der Waals surface area contributed by atoms with Crippen molar-refractivity contribution in [1.29, 1.82) is 0 Å². The van der Waals surface area contributed by atoms with E-state index in [0.29, 0.717) is 28.7 Å². The summed E-state index contributed by atoms with van der Waals surface area (Å²) in [4.78, 5) is 37.2. The van der Waals surface area contributed by atoms with Crippen molar-refractivity contribution in [2.45, 2.75) is 209 Å². The maximum Gasteiger partial charge on any atom is 0.252 e. The lowest BCUT2D eigenvalue weighted by Crippen LogP contribution is -2.61. The van der Waals surface area contributed by atoms with Gasteiger partial charge < -0.3 is 14.4 Å². The average Bonchev–Trinajstić information content (AvgIpc) is 0.730. The summed E-state index contributed by atoms with van der Waals surface area (Å²) in [5.74, 6) is 0.612. The Morgan fingerprint density at radius 2 is 0.556 bits per heavy atom. The summed E-state index contributed by atoms with van der Waals surface area (Å²) < 4.78 is 95.6. The predicted molar refractivity (Wildman–Crippen MR) is 535 cm³/mol. The van der Waals surface area contributed by atoms with Gasteiger partial charge in [0.25, 0.3) is 6.71 Å². The Labute approximate surface area is 761 Å². The summed E-state index contributed by atoms with van der Waals surface area (Å²) in [5, 5.41) is 2.21. The first kappa shape index (κ1) is 72.6. The minimum absolute atomic E-state index is 0.0840. The Kier molecular flexibility index (Phi) is 17.6. The summed E-state index contributed by atoms with van der Waals surface area (Å²) in [6, 6.07) is 73.7. The fourth-order valence-electron chi connectivity index (χ4n) is 17.7. The predicted octanol–water partition coefficient (Wildman–Crippen LogP) is 29.0. The molecular formula is C116H118BN9. The minimum atomic E-state index is -0.649. The molecule has 2 aliphatic heterocycles. The van der Waals surface area contributed by atoms with Crippen LogP contribution in [0.5, 0.6) is 0 Å². The van der Waals surface area contributed by atoms with E-state index < -0.39 is 78.0 Å². The standard InChI is InChI=1S/C116H118BN9/c1-109(2,3)79-46-53-94-88(66-79)89-67-80(110(4,5)6)47-54-95(89)124(94)87-50-52-93-99(70-87)126(97-56-49-82(112(10,11)12)69-91(97)108-122-105(73-41-33-27-34-42-73)119-106(123-108)74-43-35-28-36-44-74)101-63-78(77-59-85(115(19,20)21)65-86(60-77)116(22,23)24)62-100-102(101)117(93)92-51-45-75(76-57-83(113(13,14)15)64-84(58-76)114(16,17)18)61-98(92)125(100)96-55-48-81(111(7,8)9)68-90(96)107-120-103(71-37-29-25-30-38-71)118-104(121-107)72-39-31-26-32-40-72/h25-70H,1-24H3/i27D,28D,33D,34D,35D,36D,41D,42D,43D,44D. The van der Waals surface area contributed by atoms with E-state index in [1.807, 2.05) is 66.7 Å². The summed E-state index contributed by atoms with van der Waals surface area (Å²) >= 11 is 0. The number of anilines is 6. The van der Waals surface area contributed by atoms with E-state index >= 15 is 0 Å². The highest BCUT2D eigenvalue weighted by Crippen LogP contribution is 2.53. The van der Waals surface area contributed by atoms with Crippen LogP contribution in [0.3, 0.4) is 0 Å². The molecule has 0 saturated carbocycles. The van der Waals surface area contributed by atoms with Crippen LogP contribution in [0.1, 0.15) is 224 Å². The van der Waals surface area contributed by atoms with Crippen molar-refractivity contribution >= 4 is 79.0 Å². The number of hydrogen-bond donors (Lipinski definition) is 0. The van der Waals surface area contributed by atoms with Gasteiger partial charge in [0.15, 0.2) is 34.9 Å². The van der Waals surface area contributed by atoms with E-state index in [4.69, 9.17) is 32.6 Å². The zero-order valence-electron chi connectivity index (χ0n) is 87.4. The van der Waals surface area contributed by atoms with Crippen LogP contribution in [0, 0.1) is 0 Å². The Bertz CT molecular complexity index is 7300. The van der Waals surface area contributed by atoms with Crippen molar-refractivity contribution in [1.82, 2.24) is 34.5 Å². The van der Waals surface area contributed by atoms with Crippen molar-refractivity contribution in [3.63, 3.8) is 0 Å². The second-order valence-electron chi connectivity index (χ2n) is 42.8. The molecule has 0 fully saturated rings. The van der Waals surface area contributed by atoms with Gasteiger partial charge in [-0.1, -0.05) is 366 Å². The van der Waals surface area contributed by atoms with Crippen molar-refractivity contribution in [2.75, 3.05) is 9.80 Å². The summed E-state index contributed by atoms with van der Waals surface area (Å²) in [7, 11) is 0. The molecule has 0 amide bonds. The second kappa shape index (κ2) is 30.6. The van der Waals surface area contributed by atoms with E-state index in [2.05, 4.69) is 332 Å². The molecule has 9 nitrogen and oxygen atoms in total. The zero-order valence-corrected chi connectivity index (χ0v) is 77.4. The van der Waals surface area contributed by atoms with Gasteiger partial charge in [-0.25, -0.2) is 29.9 Å². The number of rotatable bonds is 11. The third kappa shape index (κ3) is 15.8. The molecule has 0 N–H and O–H groups in total. The molecule has 0 spiro atoms. The Hall–Kier alpha value is -12.7. The maximum atomic E-state index is 9.67. The lowest BCUT2D eigenvalue weighted by molar-refractivity contribution is 0.568. The van der Waals surface area contributed by atoms with E-state index in [-0.39, 0.29) is 61.1 Å². The molecule has 16 aromatic rings. The summed E-state index contributed by atoms with van der Waals surface area (Å²) in [6.45, 7) is 53.4. The second-order valence-corrected chi connectivity index (χ2v) is 42.8. The third-order valence-corrected chi connectivity index (χ3v) is 25.3. The van der Waals surface area contributed by atoms with Crippen molar-refractivity contribution in [2.24, 2.45) is 0 Å². The van der Waals surface area contributed by atoms with Gasteiger partial charge in [0.1, 0.15) is 0 Å². The van der Waals surface area contributed by atoms with Crippen LogP contribution < -0.4 is 26.2 Å². The highest BCUT2D eigenvalue weighted by Gasteiger charge is 2.46. The van der Waals surface area contributed by atoms with Crippen molar-refractivity contribution < 1.29 is 13.7 Å². The Morgan fingerprint density at radius 3 is 0.937 bits per heavy atom. The van der Waals surface area contributed by atoms with E-state index in [0.717, 1.165) is 134 Å². The summed E-state index contributed by atoms with van der Waals surface area (Å²) in [6.07, 6.45) is 0. The zero-order chi connectivity index (χ0) is 97.7. The fraction of sp³-hybridized carbons (Fsp3) is 0.276. The molecule has 0 bridgehead atoms. The highest BCUT2D eigenvalue weighted by atomic mass is 15.2. The maximum absolute atomic E-state index is 9.67. The smallest absolute Gasteiger partial charge is 0.252 e. The molecule has 0 atom stereocenters. The lowest BCUT2D eigenvalue weighted by atomic mass is 9.33. The van der Waals surface area contributed by atoms with Gasteiger partial charge in [-0.2, -0.15) is 0 Å². The topological polar surface area (TPSA) is 88.8 Å². The van der Waals surface area contributed by atoms with Crippen LogP contribution in [0.15, 0.2) is 279 Å². The molecule has 630 valence electrons. The van der Waals surface area contributed by atoms with Gasteiger partial charge in [0.05, 0.1) is 36.1 Å². The Balaban J connectivity index is 1.06. The number of nitrogens with zero attached hydrogens (tertiary/aromatic N) is 9. The molecule has 126 heavy (non-hydrogen) atoms. The first-order valence-corrected chi connectivity index (χ1v) is 44.2. The van der Waals surface area contributed by atoms with Crippen LogP contribution in [-0.2, 0) is 43.3 Å². The van der Waals surface area contributed by atoms with Crippen LogP contribution in [-0.4, -0.2) is 41.2 Å². The average molecular weight is 1660 g/mol. The summed E-state index contributed by atoms with van der Waals surface area (Å²) in [5.41, 5.74) is 22.7. The number of aromatic nitrogens is 7. The first-order chi connectivity index (χ1) is 63.6. The van der Waals surface area contributed by atoms with E-state index in [1.54, 1.807) is 0 Å². The molecule has 13 aromatic carbocycles. The van der Waals surface area contributed by atoms with E-state index in [9.17, 15) is 11.0 Å². The number of hydrogen-bond acceptors (Lipinski definition) is 8. The Morgan fingerprint density at radius 1 is 0.238 bits per heavy atom. The van der Waals surface area contributed by atoms with Crippen LogP contribution in [0.4, 0.5) is 34.1 Å². The number of fused-ring (bicyclic) bond motifs is 7. The van der Waals surface area contributed by atoms with Gasteiger partial charge >= 0.3 is 0 Å². The molecule has 0 saturated heterocycles. The molecule has 0 unspecified atom stereocenters. The largest absolute Gasteiger partial charge is 0.311 e. The van der Waals surface area contributed by atoms with Gasteiger partial charge in [0.2, 0.25) is 0 Å². The van der Waals surface area contributed by atoms with Crippen LogP contribution >= 0.6 is 0 Å². The van der Waals surface area contributed by atoms with Crippen LogP contribution in [0.2, 0.25) is 0 Å². The SMILES string of the molecule is [2H]c1c([2H])c([2H])c(-c2nc(-c3cc(C(C)(C)C)ccc3N3c4cc(-n5c6ccc(C(C)(C)C)cc6c6cc(C(C)(C)C)ccc65)ccc4B4c5ccc(-c6cc(C(C)(C)C)cc(C(C)(C)C)c6)cc5N(c5ccc(C(C)(C)C)cc5-c5nc(-c6ccccc6)nc(-c6ccccc6)n5)c5cc(-c6cc(C(C)(C)C)cc(C(C)(C)C)c6)cc3c54)nc(-c3c([2H])c([2H])c([2H])c([2H])c3[2H])n2)c([2H])c1[2H]. The third-order valence-electron chi connectivity index (χ3n) is 25.3. The molecule has 0 radical (unpaired) electrons. The minimum Gasteiger partial charge on any atom is -0.311 e. The normalized spacial score (nSPS) is 14.5.